The monoisotopic (exact) mass is 1050 g/mol. The van der Waals surface area contributed by atoms with Crippen LogP contribution in [-0.2, 0) is 5.41 Å². The molecule has 1 aliphatic carbocycles. The van der Waals surface area contributed by atoms with Gasteiger partial charge >= 0.3 is 0 Å². The smallest absolute Gasteiger partial charge is 0.0547 e. The Labute approximate surface area is 477 Å². The van der Waals surface area contributed by atoms with Gasteiger partial charge in [-0.15, -0.1) is 0 Å². The van der Waals surface area contributed by atoms with E-state index < -0.39 is 0 Å². The van der Waals surface area contributed by atoms with Gasteiger partial charge in [-0.05, 0) is 175 Å². The Bertz CT molecular complexity index is 4960. The van der Waals surface area contributed by atoms with Crippen molar-refractivity contribution in [1.82, 2.24) is 9.13 Å². The first-order chi connectivity index (χ1) is 40.4. The zero-order chi connectivity index (χ0) is 54.5. The highest BCUT2D eigenvalue weighted by Gasteiger charge is 2.36. The molecule has 0 unspecified atom stereocenters. The van der Waals surface area contributed by atoms with Crippen molar-refractivity contribution in [2.24, 2.45) is 0 Å². The van der Waals surface area contributed by atoms with Gasteiger partial charge in [0.2, 0.25) is 0 Å². The van der Waals surface area contributed by atoms with Crippen LogP contribution in [-0.4, -0.2) is 9.13 Å². The van der Waals surface area contributed by atoms with Crippen molar-refractivity contribution in [1.29, 1.82) is 0 Å². The fourth-order valence-corrected chi connectivity index (χ4v) is 13.4. The van der Waals surface area contributed by atoms with E-state index in [0.717, 1.165) is 22.7 Å². The zero-order valence-electron chi connectivity index (χ0n) is 45.6. The number of benzene rings is 13. The van der Waals surface area contributed by atoms with E-state index in [4.69, 9.17) is 0 Å². The molecule has 0 saturated heterocycles. The number of anilines is 3. The molecule has 0 spiro atoms. The van der Waals surface area contributed by atoms with E-state index in [1.54, 1.807) is 0 Å². The molecule has 2 aromatic heterocycles. The Balaban J connectivity index is 0.746. The van der Waals surface area contributed by atoms with Gasteiger partial charge in [0.05, 0.1) is 22.1 Å². The average Bonchev–Trinajstić information content (AvgIpc) is 4.14. The van der Waals surface area contributed by atoms with Crippen molar-refractivity contribution in [2.75, 3.05) is 4.90 Å². The third-order valence-corrected chi connectivity index (χ3v) is 17.5. The molecule has 13 aromatic carbocycles. The lowest BCUT2D eigenvalue weighted by atomic mass is 9.81. The highest BCUT2D eigenvalue weighted by Crippen LogP contribution is 2.52. The number of rotatable bonds is 9. The Morgan fingerprint density at radius 2 is 0.683 bits per heavy atom. The van der Waals surface area contributed by atoms with Crippen LogP contribution in [0.4, 0.5) is 17.1 Å². The maximum atomic E-state index is 2.45. The molecule has 3 nitrogen and oxygen atoms in total. The minimum atomic E-state index is -0.254. The van der Waals surface area contributed by atoms with Crippen LogP contribution in [0.1, 0.15) is 25.0 Å². The molecule has 15 aromatic rings. The molecule has 0 atom stereocenters. The molecule has 82 heavy (non-hydrogen) atoms. The average molecular weight is 1050 g/mol. The van der Waals surface area contributed by atoms with E-state index in [-0.39, 0.29) is 5.41 Å². The first-order valence-electron chi connectivity index (χ1n) is 28.5. The van der Waals surface area contributed by atoms with E-state index in [0.29, 0.717) is 0 Å². The molecule has 0 aliphatic heterocycles. The minimum Gasteiger partial charge on any atom is -0.310 e. The fraction of sp³-hybridized carbons (Fsp3) is 0.0380. The molecule has 0 amide bonds. The highest BCUT2D eigenvalue weighted by molar-refractivity contribution is 6.12. The van der Waals surface area contributed by atoms with Gasteiger partial charge in [-0.1, -0.05) is 214 Å². The van der Waals surface area contributed by atoms with Crippen LogP contribution in [0.25, 0.3) is 121 Å². The summed E-state index contributed by atoms with van der Waals surface area (Å²) < 4.78 is 4.78. The molecule has 0 fully saturated rings. The number of fused-ring (bicyclic) bond motifs is 10. The van der Waals surface area contributed by atoms with Gasteiger partial charge in [-0.3, -0.25) is 0 Å². The van der Waals surface area contributed by atoms with Crippen LogP contribution in [0.15, 0.2) is 297 Å². The van der Waals surface area contributed by atoms with Gasteiger partial charge < -0.3 is 14.0 Å². The first kappa shape index (κ1) is 47.5. The maximum absolute atomic E-state index is 2.45. The van der Waals surface area contributed by atoms with Gasteiger partial charge in [-0.2, -0.15) is 0 Å². The predicted octanol–water partition coefficient (Wildman–Crippen LogP) is 21.5. The molecule has 0 bridgehead atoms. The van der Waals surface area contributed by atoms with Crippen molar-refractivity contribution >= 4 is 71.4 Å². The summed E-state index contributed by atoms with van der Waals surface area (Å²) in [6.45, 7) is 4.79. The van der Waals surface area contributed by atoms with Crippen molar-refractivity contribution in [3.05, 3.63) is 308 Å². The van der Waals surface area contributed by atoms with Gasteiger partial charge in [0.1, 0.15) is 0 Å². The lowest BCUT2D eigenvalue weighted by Gasteiger charge is -2.28. The molecule has 16 rings (SSSR count). The number of hydrogen-bond donors (Lipinski definition) is 0. The molecule has 1 aliphatic rings. The molecule has 0 saturated carbocycles. The van der Waals surface area contributed by atoms with Crippen molar-refractivity contribution in [3.8, 4) is 67.0 Å². The lowest BCUT2D eigenvalue weighted by Crippen LogP contribution is -2.16. The minimum absolute atomic E-state index is 0.254. The van der Waals surface area contributed by atoms with E-state index >= 15 is 0 Å². The van der Waals surface area contributed by atoms with Gasteiger partial charge in [0.15, 0.2) is 0 Å². The first-order valence-corrected chi connectivity index (χ1v) is 28.5. The standard InChI is InChI=1S/C79H55N3/c1-79(2)73-49-58(57-38-47-77-72(48-57)70-24-12-14-27-76(70)81(77)60-18-5-3-6-19-60)36-44-67(73)68-46-43-64(51-74(68)79)80(63-41-34-56(35-42-63)66-25-15-17-55-16-9-10-22-65(55)66)62-39-32-53(33-40-62)52-28-30-54(31-29-52)59-37-45-71-69-23-11-13-26-75(69)82(78(71)50-59)61-20-7-4-8-21-61/h3-51H,1-2H3. The van der Waals surface area contributed by atoms with Crippen molar-refractivity contribution in [3.63, 3.8) is 0 Å². The Morgan fingerprint density at radius 1 is 0.256 bits per heavy atom. The fourth-order valence-electron chi connectivity index (χ4n) is 13.4. The second-order valence-electron chi connectivity index (χ2n) is 22.5. The van der Waals surface area contributed by atoms with Gasteiger partial charge in [0.25, 0.3) is 0 Å². The summed E-state index contributed by atoms with van der Waals surface area (Å²) in [6, 6.07) is 110. The summed E-state index contributed by atoms with van der Waals surface area (Å²) in [4.78, 5) is 2.43. The van der Waals surface area contributed by atoms with Crippen molar-refractivity contribution in [2.45, 2.75) is 19.3 Å². The summed E-state index contributed by atoms with van der Waals surface area (Å²) in [6.07, 6.45) is 0. The van der Waals surface area contributed by atoms with E-state index in [9.17, 15) is 0 Å². The number of aromatic nitrogens is 2. The molecular weight excluding hydrogens is 991 g/mol. The summed E-state index contributed by atoms with van der Waals surface area (Å²) in [5.74, 6) is 0. The Kier molecular flexibility index (Phi) is 10.9. The van der Waals surface area contributed by atoms with Crippen LogP contribution in [0.5, 0.6) is 0 Å². The van der Waals surface area contributed by atoms with E-state index in [1.807, 2.05) is 0 Å². The molecule has 3 heteroatoms. The predicted molar refractivity (Wildman–Crippen MR) is 347 cm³/mol. The van der Waals surface area contributed by atoms with Crippen LogP contribution >= 0.6 is 0 Å². The van der Waals surface area contributed by atoms with Crippen LogP contribution in [0, 0.1) is 0 Å². The quantitative estimate of drug-likeness (QED) is 0.140. The summed E-state index contributed by atoms with van der Waals surface area (Å²) in [5, 5.41) is 7.54. The number of nitrogens with zero attached hydrogens (tertiary/aromatic N) is 3. The molecule has 2 heterocycles. The topological polar surface area (TPSA) is 13.1 Å². The summed E-state index contributed by atoms with van der Waals surface area (Å²) in [5.41, 5.74) is 25.1. The second-order valence-corrected chi connectivity index (χ2v) is 22.5. The highest BCUT2D eigenvalue weighted by atomic mass is 15.1. The third-order valence-electron chi connectivity index (χ3n) is 17.5. The van der Waals surface area contributed by atoms with Gasteiger partial charge in [0, 0.05) is 55.4 Å². The molecule has 0 radical (unpaired) electrons. The number of hydrogen-bond acceptors (Lipinski definition) is 1. The normalized spacial score (nSPS) is 12.6. The van der Waals surface area contributed by atoms with Crippen LogP contribution in [0.2, 0.25) is 0 Å². The maximum Gasteiger partial charge on any atom is 0.0547 e. The number of para-hydroxylation sites is 4. The Hall–Kier alpha value is -10.5. The van der Waals surface area contributed by atoms with E-state index in [1.165, 1.54) is 127 Å². The van der Waals surface area contributed by atoms with E-state index in [2.05, 4.69) is 325 Å². The molecule has 0 N–H and O–H groups in total. The molecule has 386 valence electrons. The van der Waals surface area contributed by atoms with Gasteiger partial charge in [-0.25, -0.2) is 0 Å². The third kappa shape index (κ3) is 7.65. The second kappa shape index (κ2) is 18.8. The lowest BCUT2D eigenvalue weighted by molar-refractivity contribution is 0.660. The van der Waals surface area contributed by atoms with Crippen LogP contribution < -0.4 is 4.90 Å². The summed E-state index contributed by atoms with van der Waals surface area (Å²) >= 11 is 0. The molecular formula is C79H55N3. The SMILES string of the molecule is CC1(C)c2cc(-c3ccc4c(c3)c3ccccc3n4-c3ccccc3)ccc2-c2ccc(N(c3ccc(-c4ccc(-c5ccc6c7ccccc7n(-c7ccccc7)c6c5)cc4)cc3)c3ccc(-c4cccc5ccccc45)cc3)cc21. The van der Waals surface area contributed by atoms with Crippen molar-refractivity contribution < 1.29 is 0 Å². The Morgan fingerprint density at radius 3 is 1.35 bits per heavy atom. The zero-order valence-corrected chi connectivity index (χ0v) is 45.6. The van der Waals surface area contributed by atoms with Crippen LogP contribution in [0.3, 0.4) is 0 Å². The largest absolute Gasteiger partial charge is 0.310 e. The summed E-state index contributed by atoms with van der Waals surface area (Å²) in [7, 11) is 0.